The van der Waals surface area contributed by atoms with Crippen molar-refractivity contribution in [2.45, 2.75) is 19.4 Å². The van der Waals surface area contributed by atoms with Crippen molar-refractivity contribution in [3.63, 3.8) is 0 Å². The van der Waals surface area contributed by atoms with Gasteiger partial charge in [0.1, 0.15) is 0 Å². The van der Waals surface area contributed by atoms with E-state index in [1.54, 1.807) is 0 Å². The third kappa shape index (κ3) is 3.03. The van der Waals surface area contributed by atoms with Gasteiger partial charge >= 0.3 is 0 Å². The maximum Gasteiger partial charge on any atom is 0.0731 e. The second-order valence-electron chi connectivity index (χ2n) is 5.14. The first-order chi connectivity index (χ1) is 10.2. The van der Waals surface area contributed by atoms with E-state index in [-0.39, 0.29) is 0 Å². The van der Waals surface area contributed by atoms with Crippen LogP contribution in [0.25, 0.3) is 10.9 Å². The van der Waals surface area contributed by atoms with Crippen LogP contribution in [0.5, 0.6) is 0 Å². The lowest BCUT2D eigenvalue weighted by Gasteiger charge is -2.16. The zero-order valence-electron chi connectivity index (χ0n) is 12.1. The molecule has 1 atom stereocenters. The molecule has 0 amide bonds. The van der Waals surface area contributed by atoms with Crippen molar-refractivity contribution >= 4 is 38.2 Å². The average Bonchev–Trinajstić information content (AvgIpc) is 2.84. The first-order valence-electron chi connectivity index (χ1n) is 6.94. The van der Waals surface area contributed by atoms with Gasteiger partial charge in [-0.05, 0) is 65.6 Å². The second kappa shape index (κ2) is 6.26. The summed E-state index contributed by atoms with van der Waals surface area (Å²) >= 11 is 5.43. The highest BCUT2D eigenvalue weighted by atomic mass is 79.9. The molecule has 3 rings (SSSR count). The summed E-state index contributed by atoms with van der Waals surface area (Å²) in [4.78, 5) is 5.80. The lowest BCUT2D eigenvalue weighted by atomic mass is 10.0. The minimum Gasteiger partial charge on any atom is -0.312 e. The number of hydrogen-bond donors (Lipinski definition) is 1. The quantitative estimate of drug-likeness (QED) is 0.717. The molecule has 0 bridgehead atoms. The van der Waals surface area contributed by atoms with Crippen LogP contribution in [0, 0.1) is 6.92 Å². The van der Waals surface area contributed by atoms with Crippen LogP contribution in [-0.2, 0) is 6.42 Å². The maximum atomic E-state index is 4.44. The Hall–Kier alpha value is -1.23. The molecular formula is C17H17BrN2S. The summed E-state index contributed by atoms with van der Waals surface area (Å²) in [6.07, 6.45) is 2.87. The van der Waals surface area contributed by atoms with Crippen molar-refractivity contribution < 1.29 is 0 Å². The molecule has 0 aliphatic carbocycles. The Balaban J connectivity index is 1.96. The smallest absolute Gasteiger partial charge is 0.0731 e. The van der Waals surface area contributed by atoms with Gasteiger partial charge in [-0.1, -0.05) is 18.2 Å². The van der Waals surface area contributed by atoms with E-state index < -0.39 is 0 Å². The fourth-order valence-corrected chi connectivity index (χ4v) is 4.23. The van der Waals surface area contributed by atoms with E-state index in [4.69, 9.17) is 0 Å². The number of pyridine rings is 1. The van der Waals surface area contributed by atoms with Crippen LogP contribution >= 0.6 is 27.3 Å². The largest absolute Gasteiger partial charge is 0.312 e. The molecule has 0 saturated carbocycles. The third-order valence-electron chi connectivity index (χ3n) is 3.73. The number of aromatic nitrogens is 1. The third-order valence-corrected chi connectivity index (χ3v) is 5.98. The Kier molecular flexibility index (Phi) is 4.38. The van der Waals surface area contributed by atoms with Crippen molar-refractivity contribution in [3.05, 3.63) is 62.4 Å². The molecule has 0 radical (unpaired) electrons. The Morgan fingerprint density at radius 2 is 2.10 bits per heavy atom. The van der Waals surface area contributed by atoms with Crippen LogP contribution < -0.4 is 5.32 Å². The number of halogens is 1. The van der Waals surface area contributed by atoms with Crippen molar-refractivity contribution in [2.24, 2.45) is 0 Å². The van der Waals surface area contributed by atoms with Crippen LogP contribution in [-0.4, -0.2) is 12.0 Å². The molecule has 2 nitrogen and oxygen atoms in total. The lowest BCUT2D eigenvalue weighted by molar-refractivity contribution is 0.604. The normalized spacial score (nSPS) is 12.7. The predicted molar refractivity (Wildman–Crippen MR) is 94.0 cm³/mol. The first-order valence-corrected chi connectivity index (χ1v) is 8.55. The van der Waals surface area contributed by atoms with Crippen molar-refractivity contribution in [1.82, 2.24) is 10.3 Å². The number of thiophene rings is 1. The van der Waals surface area contributed by atoms with Crippen LogP contribution in [0.2, 0.25) is 0 Å². The summed E-state index contributed by atoms with van der Waals surface area (Å²) in [5.74, 6) is 0. The minimum atomic E-state index is 0.325. The molecule has 0 spiro atoms. The molecule has 0 aliphatic heterocycles. The van der Waals surface area contributed by atoms with E-state index >= 15 is 0 Å². The van der Waals surface area contributed by atoms with Gasteiger partial charge < -0.3 is 5.32 Å². The zero-order chi connectivity index (χ0) is 14.8. The highest BCUT2D eigenvalue weighted by Crippen LogP contribution is 2.33. The summed E-state index contributed by atoms with van der Waals surface area (Å²) in [7, 11) is 2.02. The van der Waals surface area contributed by atoms with Gasteiger partial charge in [-0.25, -0.2) is 0 Å². The molecule has 1 aromatic carbocycles. The Morgan fingerprint density at radius 1 is 1.29 bits per heavy atom. The Labute approximate surface area is 137 Å². The second-order valence-corrected chi connectivity index (χ2v) is 7.54. The number of likely N-dealkylation sites (N-methyl/N-ethyl adjacent to an activating group) is 1. The molecule has 3 aromatic rings. The molecule has 1 N–H and O–H groups in total. The standard InChI is InChI=1S/C17H17BrN2S/c1-11-9-16(21-17(11)18)15(19-2)10-12-7-8-20-14-6-4-3-5-13(12)14/h3-9,15,19H,10H2,1-2H3. The lowest BCUT2D eigenvalue weighted by Crippen LogP contribution is -2.17. The highest BCUT2D eigenvalue weighted by molar-refractivity contribution is 9.11. The van der Waals surface area contributed by atoms with Gasteiger partial charge in [0.25, 0.3) is 0 Å². The zero-order valence-corrected chi connectivity index (χ0v) is 14.5. The van der Waals surface area contributed by atoms with E-state index in [1.807, 2.05) is 30.6 Å². The van der Waals surface area contributed by atoms with E-state index in [1.165, 1.54) is 25.2 Å². The Bertz CT molecular complexity index is 742. The SMILES string of the molecule is CNC(Cc1ccnc2ccccc12)c1cc(C)c(Br)s1. The summed E-state index contributed by atoms with van der Waals surface area (Å²) in [5.41, 5.74) is 3.70. The van der Waals surface area contributed by atoms with Gasteiger partial charge in [0.05, 0.1) is 9.30 Å². The van der Waals surface area contributed by atoms with Gasteiger partial charge in [0.2, 0.25) is 0 Å². The van der Waals surface area contributed by atoms with E-state index in [9.17, 15) is 0 Å². The van der Waals surface area contributed by atoms with Gasteiger partial charge in [-0.3, -0.25) is 4.98 Å². The number of para-hydroxylation sites is 1. The number of nitrogens with one attached hydrogen (secondary N) is 1. The van der Waals surface area contributed by atoms with Crippen molar-refractivity contribution in [1.29, 1.82) is 0 Å². The fourth-order valence-electron chi connectivity index (χ4n) is 2.55. The van der Waals surface area contributed by atoms with Gasteiger partial charge in [0.15, 0.2) is 0 Å². The van der Waals surface area contributed by atoms with Crippen LogP contribution in [0.15, 0.2) is 46.4 Å². The fraction of sp³-hybridized carbons (Fsp3) is 0.235. The summed E-state index contributed by atoms with van der Waals surface area (Å²) < 4.78 is 1.22. The molecular weight excluding hydrogens is 344 g/mol. The number of rotatable bonds is 4. The molecule has 4 heteroatoms. The summed E-state index contributed by atoms with van der Waals surface area (Å²) in [6.45, 7) is 2.14. The average molecular weight is 361 g/mol. The summed E-state index contributed by atoms with van der Waals surface area (Å²) in [5, 5.41) is 4.68. The van der Waals surface area contributed by atoms with Crippen LogP contribution in [0.4, 0.5) is 0 Å². The first kappa shape index (κ1) is 14.7. The molecule has 2 aromatic heterocycles. The Morgan fingerprint density at radius 3 is 2.81 bits per heavy atom. The molecule has 1 unspecified atom stereocenters. The number of fused-ring (bicyclic) bond motifs is 1. The highest BCUT2D eigenvalue weighted by Gasteiger charge is 2.15. The molecule has 0 saturated heterocycles. The van der Waals surface area contributed by atoms with Crippen molar-refractivity contribution in [3.8, 4) is 0 Å². The van der Waals surface area contributed by atoms with E-state index in [0.29, 0.717) is 6.04 Å². The molecule has 108 valence electrons. The van der Waals surface area contributed by atoms with Crippen LogP contribution in [0.1, 0.15) is 22.0 Å². The number of nitrogens with zero attached hydrogens (tertiary/aromatic N) is 1. The van der Waals surface area contributed by atoms with Gasteiger partial charge in [0, 0.05) is 22.5 Å². The predicted octanol–water partition coefficient (Wildman–Crippen LogP) is 4.87. The maximum absolute atomic E-state index is 4.44. The van der Waals surface area contributed by atoms with Crippen molar-refractivity contribution in [2.75, 3.05) is 7.05 Å². The number of hydrogen-bond acceptors (Lipinski definition) is 3. The monoisotopic (exact) mass is 360 g/mol. The topological polar surface area (TPSA) is 24.9 Å². The minimum absolute atomic E-state index is 0.325. The molecule has 2 heterocycles. The van der Waals surface area contributed by atoms with Gasteiger partial charge in [-0.2, -0.15) is 0 Å². The molecule has 21 heavy (non-hydrogen) atoms. The number of benzene rings is 1. The van der Waals surface area contributed by atoms with Gasteiger partial charge in [-0.15, -0.1) is 11.3 Å². The molecule has 0 fully saturated rings. The van der Waals surface area contributed by atoms with E-state index in [2.05, 4.69) is 63.5 Å². The molecule has 0 aliphatic rings. The van der Waals surface area contributed by atoms with Crippen LogP contribution in [0.3, 0.4) is 0 Å². The summed E-state index contributed by atoms with van der Waals surface area (Å²) in [6, 6.07) is 13.0. The van der Waals surface area contributed by atoms with E-state index in [0.717, 1.165) is 11.9 Å². The number of aryl methyl sites for hydroxylation is 1.